The van der Waals surface area contributed by atoms with Crippen molar-refractivity contribution in [3.63, 3.8) is 0 Å². The SMILES string of the molecule is CCOC(=O)N1CCN(CC(=O)N2N=C(c3cccc(OC)c3)C[C@@H]2c2ccc(C)cc2)CC1. The molecule has 180 valence electrons. The number of nitrogens with zero attached hydrogens (tertiary/aromatic N) is 4. The smallest absolute Gasteiger partial charge is 0.409 e. The van der Waals surface area contributed by atoms with Crippen LogP contribution >= 0.6 is 0 Å². The summed E-state index contributed by atoms with van der Waals surface area (Å²) in [6, 6.07) is 15.9. The summed E-state index contributed by atoms with van der Waals surface area (Å²) >= 11 is 0. The quantitative estimate of drug-likeness (QED) is 0.655. The van der Waals surface area contributed by atoms with E-state index in [-0.39, 0.29) is 24.6 Å². The third-order valence-corrected chi connectivity index (χ3v) is 6.29. The maximum absolute atomic E-state index is 13.4. The second kappa shape index (κ2) is 10.7. The molecule has 2 aliphatic heterocycles. The van der Waals surface area contributed by atoms with E-state index in [2.05, 4.69) is 36.1 Å². The number of hydrazone groups is 1. The van der Waals surface area contributed by atoms with Gasteiger partial charge in [-0.25, -0.2) is 9.80 Å². The zero-order valence-electron chi connectivity index (χ0n) is 20.1. The van der Waals surface area contributed by atoms with Crippen LogP contribution in [-0.4, -0.2) is 79.0 Å². The van der Waals surface area contributed by atoms with Crippen LogP contribution in [0.25, 0.3) is 0 Å². The number of ether oxygens (including phenoxy) is 2. The molecule has 2 aliphatic rings. The third-order valence-electron chi connectivity index (χ3n) is 6.29. The molecule has 1 saturated heterocycles. The zero-order valence-corrected chi connectivity index (χ0v) is 20.1. The maximum Gasteiger partial charge on any atom is 0.409 e. The summed E-state index contributed by atoms with van der Waals surface area (Å²) in [7, 11) is 1.64. The molecule has 2 aromatic rings. The highest BCUT2D eigenvalue weighted by molar-refractivity contribution is 6.03. The van der Waals surface area contributed by atoms with Crippen molar-refractivity contribution in [3.8, 4) is 5.75 Å². The number of piperazine rings is 1. The Morgan fingerprint density at radius 2 is 1.79 bits per heavy atom. The Balaban J connectivity index is 1.50. The first-order chi connectivity index (χ1) is 16.5. The lowest BCUT2D eigenvalue weighted by Crippen LogP contribution is -2.51. The average molecular weight is 465 g/mol. The van der Waals surface area contributed by atoms with Crippen LogP contribution in [0.15, 0.2) is 53.6 Å². The average Bonchev–Trinajstić information content (AvgIpc) is 3.31. The summed E-state index contributed by atoms with van der Waals surface area (Å²) in [6.45, 7) is 6.81. The van der Waals surface area contributed by atoms with Crippen LogP contribution in [0.4, 0.5) is 4.79 Å². The Morgan fingerprint density at radius 3 is 2.47 bits per heavy atom. The maximum atomic E-state index is 13.4. The lowest BCUT2D eigenvalue weighted by atomic mass is 9.97. The van der Waals surface area contributed by atoms with Crippen LogP contribution in [0.2, 0.25) is 0 Å². The minimum atomic E-state index is -0.292. The zero-order chi connectivity index (χ0) is 24.1. The monoisotopic (exact) mass is 464 g/mol. The highest BCUT2D eigenvalue weighted by atomic mass is 16.6. The van der Waals surface area contributed by atoms with Crippen molar-refractivity contribution in [1.29, 1.82) is 0 Å². The number of amides is 2. The molecule has 2 heterocycles. The second-order valence-electron chi connectivity index (χ2n) is 8.61. The van der Waals surface area contributed by atoms with Crippen LogP contribution in [0.3, 0.4) is 0 Å². The molecule has 0 aliphatic carbocycles. The topological polar surface area (TPSA) is 74.7 Å². The normalized spacial score (nSPS) is 18.6. The molecule has 34 heavy (non-hydrogen) atoms. The van der Waals surface area contributed by atoms with Gasteiger partial charge in [-0.3, -0.25) is 9.69 Å². The largest absolute Gasteiger partial charge is 0.497 e. The minimum absolute atomic E-state index is 0.0481. The highest BCUT2D eigenvalue weighted by Crippen LogP contribution is 2.33. The van der Waals surface area contributed by atoms with E-state index in [4.69, 9.17) is 14.6 Å². The van der Waals surface area contributed by atoms with E-state index < -0.39 is 0 Å². The van der Waals surface area contributed by atoms with Gasteiger partial charge in [0.05, 0.1) is 32.0 Å². The van der Waals surface area contributed by atoms with Gasteiger partial charge in [-0.15, -0.1) is 0 Å². The van der Waals surface area contributed by atoms with E-state index in [1.165, 1.54) is 5.56 Å². The Labute approximate surface area is 200 Å². The van der Waals surface area contributed by atoms with Crippen LogP contribution in [0, 0.1) is 6.92 Å². The summed E-state index contributed by atoms with van der Waals surface area (Å²) in [4.78, 5) is 29.2. The summed E-state index contributed by atoms with van der Waals surface area (Å²) in [5.41, 5.74) is 4.06. The number of hydrogen-bond acceptors (Lipinski definition) is 6. The van der Waals surface area contributed by atoms with E-state index in [1.54, 1.807) is 23.9 Å². The van der Waals surface area contributed by atoms with Gasteiger partial charge in [-0.2, -0.15) is 5.10 Å². The number of hydrogen-bond donors (Lipinski definition) is 0. The molecule has 1 atom stereocenters. The summed E-state index contributed by atoms with van der Waals surface area (Å²) in [5, 5.41) is 6.42. The number of carbonyl (C=O) groups excluding carboxylic acids is 2. The van der Waals surface area contributed by atoms with Crippen molar-refractivity contribution in [3.05, 3.63) is 65.2 Å². The van der Waals surface area contributed by atoms with Crippen molar-refractivity contribution in [2.75, 3.05) is 46.4 Å². The summed E-state index contributed by atoms with van der Waals surface area (Å²) in [5.74, 6) is 0.712. The Kier molecular flexibility index (Phi) is 7.47. The molecular formula is C26H32N4O4. The molecule has 1 fully saturated rings. The lowest BCUT2D eigenvalue weighted by Gasteiger charge is -2.34. The number of benzene rings is 2. The van der Waals surface area contributed by atoms with E-state index >= 15 is 0 Å². The van der Waals surface area contributed by atoms with Crippen LogP contribution in [0.1, 0.15) is 36.1 Å². The molecule has 0 saturated carbocycles. The predicted octanol–water partition coefficient (Wildman–Crippen LogP) is 3.46. The first kappa shape index (κ1) is 23.8. The molecule has 0 spiro atoms. The molecule has 8 heteroatoms. The molecule has 0 N–H and O–H groups in total. The molecule has 0 bridgehead atoms. The Hall–Kier alpha value is -3.39. The van der Waals surface area contributed by atoms with Gasteiger partial charge in [-0.05, 0) is 31.5 Å². The first-order valence-corrected chi connectivity index (χ1v) is 11.7. The van der Waals surface area contributed by atoms with Gasteiger partial charge >= 0.3 is 6.09 Å². The van der Waals surface area contributed by atoms with Crippen molar-refractivity contribution in [2.24, 2.45) is 5.10 Å². The van der Waals surface area contributed by atoms with E-state index in [0.717, 1.165) is 22.6 Å². The number of rotatable bonds is 6. The van der Waals surface area contributed by atoms with Gasteiger partial charge in [0.1, 0.15) is 5.75 Å². The van der Waals surface area contributed by atoms with Crippen LogP contribution in [-0.2, 0) is 9.53 Å². The first-order valence-electron chi connectivity index (χ1n) is 11.7. The Morgan fingerprint density at radius 1 is 1.06 bits per heavy atom. The van der Waals surface area contributed by atoms with Gasteiger partial charge in [-0.1, -0.05) is 42.0 Å². The third kappa shape index (κ3) is 5.39. The highest BCUT2D eigenvalue weighted by Gasteiger charge is 2.34. The van der Waals surface area contributed by atoms with Gasteiger partial charge < -0.3 is 14.4 Å². The van der Waals surface area contributed by atoms with Gasteiger partial charge in [0, 0.05) is 38.2 Å². The number of carbonyl (C=O) groups is 2. The molecule has 2 amide bonds. The van der Waals surface area contributed by atoms with E-state index in [9.17, 15) is 9.59 Å². The lowest BCUT2D eigenvalue weighted by molar-refractivity contribution is -0.134. The molecule has 8 nitrogen and oxygen atoms in total. The number of methoxy groups -OCH3 is 1. The molecule has 2 aromatic carbocycles. The van der Waals surface area contributed by atoms with Gasteiger partial charge in [0.15, 0.2) is 0 Å². The van der Waals surface area contributed by atoms with Crippen LogP contribution in [0.5, 0.6) is 5.75 Å². The van der Waals surface area contributed by atoms with E-state index in [1.807, 2.05) is 24.3 Å². The fraction of sp³-hybridized carbons (Fsp3) is 0.423. The van der Waals surface area contributed by atoms with Crippen molar-refractivity contribution >= 4 is 17.7 Å². The summed E-state index contributed by atoms with van der Waals surface area (Å²) in [6.07, 6.45) is 0.346. The van der Waals surface area contributed by atoms with Crippen molar-refractivity contribution < 1.29 is 19.1 Å². The van der Waals surface area contributed by atoms with Crippen LogP contribution < -0.4 is 4.74 Å². The number of aryl methyl sites for hydroxylation is 1. The second-order valence-corrected chi connectivity index (χ2v) is 8.61. The van der Waals surface area contributed by atoms with E-state index in [0.29, 0.717) is 39.2 Å². The summed E-state index contributed by atoms with van der Waals surface area (Å²) < 4.78 is 10.5. The molecule has 0 aromatic heterocycles. The minimum Gasteiger partial charge on any atom is -0.497 e. The standard InChI is InChI=1S/C26H32N4O4/c1-4-34-26(32)29-14-12-28(13-15-29)18-25(31)30-24(20-10-8-19(2)9-11-20)17-23(27-30)21-6-5-7-22(16-21)33-3/h5-11,16,24H,4,12-15,17-18H2,1-3H3/t24-/m1/s1. The van der Waals surface area contributed by atoms with Crippen molar-refractivity contribution in [1.82, 2.24) is 14.8 Å². The van der Waals surface area contributed by atoms with Gasteiger partial charge in [0.25, 0.3) is 5.91 Å². The fourth-order valence-electron chi connectivity index (χ4n) is 4.33. The molecule has 4 rings (SSSR count). The fourth-order valence-corrected chi connectivity index (χ4v) is 4.33. The molecular weight excluding hydrogens is 432 g/mol. The van der Waals surface area contributed by atoms with Crippen molar-refractivity contribution in [2.45, 2.75) is 26.3 Å². The Bertz CT molecular complexity index is 1050. The molecule has 0 unspecified atom stereocenters. The molecule has 0 radical (unpaired) electrons. The van der Waals surface area contributed by atoms with Gasteiger partial charge in [0.2, 0.25) is 0 Å². The predicted molar refractivity (Wildman–Crippen MR) is 130 cm³/mol.